The lowest BCUT2D eigenvalue weighted by molar-refractivity contribution is -0.380. The standard InChI is InChI=1S/C26H46O17/c1-4-9-6-10(28)14(29)24(38-9)43-22-12(7-27)40-26(20(35)17(22)32)42-21-11(5-2)39-25(19(34)16(21)31)41-13-8-37-23(36-3)18(33)15(13)30/h9-35H,4-8H2,1-3H3. The summed E-state index contributed by atoms with van der Waals surface area (Å²) in [7, 11) is 1.29. The summed E-state index contributed by atoms with van der Waals surface area (Å²) in [5.74, 6) is 0. The molecule has 43 heavy (non-hydrogen) atoms. The largest absolute Gasteiger partial charge is 0.394 e. The first-order chi connectivity index (χ1) is 20.4. The van der Waals surface area contributed by atoms with Gasteiger partial charge in [-0.1, -0.05) is 13.8 Å². The molecule has 0 radical (unpaired) electrons. The molecule has 4 aliphatic rings. The average molecular weight is 631 g/mol. The molecule has 18 atom stereocenters. The van der Waals surface area contributed by atoms with Crippen LogP contribution < -0.4 is 0 Å². The van der Waals surface area contributed by atoms with Gasteiger partial charge >= 0.3 is 0 Å². The van der Waals surface area contributed by atoms with Crippen LogP contribution in [-0.4, -0.2) is 177 Å². The van der Waals surface area contributed by atoms with Crippen LogP contribution in [-0.2, 0) is 37.9 Å². The molecular weight excluding hydrogens is 584 g/mol. The second kappa shape index (κ2) is 15.3. The van der Waals surface area contributed by atoms with E-state index in [0.717, 1.165) is 0 Å². The zero-order valence-electron chi connectivity index (χ0n) is 24.2. The zero-order valence-corrected chi connectivity index (χ0v) is 24.2. The van der Waals surface area contributed by atoms with Crippen molar-refractivity contribution < 1.29 is 83.9 Å². The molecule has 18 unspecified atom stereocenters. The number of aliphatic hydroxyl groups is 9. The van der Waals surface area contributed by atoms with E-state index in [1.54, 1.807) is 6.92 Å². The molecule has 9 N–H and O–H groups in total. The van der Waals surface area contributed by atoms with E-state index in [2.05, 4.69) is 0 Å². The van der Waals surface area contributed by atoms with Crippen molar-refractivity contribution >= 4 is 0 Å². The molecule has 0 bridgehead atoms. The van der Waals surface area contributed by atoms with Gasteiger partial charge in [-0.3, -0.25) is 0 Å². The third-order valence-corrected chi connectivity index (χ3v) is 8.38. The topological polar surface area (TPSA) is 256 Å². The van der Waals surface area contributed by atoms with Crippen LogP contribution in [0.4, 0.5) is 0 Å². The molecule has 0 spiro atoms. The highest BCUT2D eigenvalue weighted by Crippen LogP contribution is 2.34. The van der Waals surface area contributed by atoms with E-state index < -0.39 is 117 Å². The smallest absolute Gasteiger partial charge is 0.187 e. The number of hydrogen-bond acceptors (Lipinski definition) is 17. The SMILES string of the molecule is CCC1CC(O)C(O)C(OC2C(CO)OC(OC3C(CC)OC(OC4COC(OC)C(O)C4O)C(O)C3O)C(O)C2O)O1. The van der Waals surface area contributed by atoms with Crippen molar-refractivity contribution in [2.24, 2.45) is 0 Å². The van der Waals surface area contributed by atoms with Gasteiger partial charge in [0.25, 0.3) is 0 Å². The molecule has 252 valence electrons. The maximum absolute atomic E-state index is 11.0. The molecule has 17 heteroatoms. The summed E-state index contributed by atoms with van der Waals surface area (Å²) >= 11 is 0. The Kier molecular flexibility index (Phi) is 12.5. The monoisotopic (exact) mass is 630 g/mol. The van der Waals surface area contributed by atoms with E-state index in [0.29, 0.717) is 6.42 Å². The van der Waals surface area contributed by atoms with Gasteiger partial charge in [0.15, 0.2) is 25.2 Å². The fraction of sp³-hybridized carbons (Fsp3) is 1.00. The summed E-state index contributed by atoms with van der Waals surface area (Å²) < 4.78 is 44.6. The van der Waals surface area contributed by atoms with E-state index in [1.165, 1.54) is 7.11 Å². The minimum Gasteiger partial charge on any atom is -0.394 e. The molecule has 4 saturated heterocycles. The van der Waals surface area contributed by atoms with Crippen LogP contribution in [0.25, 0.3) is 0 Å². The molecule has 0 amide bonds. The maximum Gasteiger partial charge on any atom is 0.187 e. The number of methoxy groups -OCH3 is 1. The number of ether oxygens (including phenoxy) is 8. The second-order valence-electron chi connectivity index (χ2n) is 11.3. The summed E-state index contributed by atoms with van der Waals surface area (Å²) in [5.41, 5.74) is 0. The van der Waals surface area contributed by atoms with Gasteiger partial charge in [0.05, 0.1) is 31.5 Å². The normalized spacial score (nSPS) is 51.3. The molecular formula is C26H46O17. The third kappa shape index (κ3) is 7.50. The molecule has 0 aromatic heterocycles. The predicted octanol–water partition coefficient (Wildman–Crippen LogP) is -4.59. The molecule has 0 saturated carbocycles. The Hall–Kier alpha value is -0.680. The third-order valence-electron chi connectivity index (χ3n) is 8.38. The van der Waals surface area contributed by atoms with E-state index in [-0.39, 0.29) is 19.4 Å². The van der Waals surface area contributed by atoms with Crippen molar-refractivity contribution in [3.8, 4) is 0 Å². The van der Waals surface area contributed by atoms with E-state index >= 15 is 0 Å². The van der Waals surface area contributed by atoms with Gasteiger partial charge in [0, 0.05) is 13.5 Å². The first kappa shape index (κ1) is 35.2. The highest BCUT2D eigenvalue weighted by atomic mass is 16.8. The minimum atomic E-state index is -1.79. The Morgan fingerprint density at radius 1 is 0.605 bits per heavy atom. The minimum absolute atomic E-state index is 0.177. The molecule has 4 aliphatic heterocycles. The van der Waals surface area contributed by atoms with Crippen molar-refractivity contribution in [1.29, 1.82) is 0 Å². The molecule has 4 rings (SSSR count). The summed E-state index contributed by atoms with van der Waals surface area (Å²) in [6.07, 6.45) is -23.6. The first-order valence-corrected chi connectivity index (χ1v) is 14.6. The second-order valence-corrected chi connectivity index (χ2v) is 11.3. The summed E-state index contributed by atoms with van der Waals surface area (Å²) in [6, 6.07) is 0. The Labute approximate surface area is 248 Å². The van der Waals surface area contributed by atoms with Crippen LogP contribution in [0.15, 0.2) is 0 Å². The van der Waals surface area contributed by atoms with Gasteiger partial charge in [-0.25, -0.2) is 0 Å². The maximum atomic E-state index is 11.0. The first-order valence-electron chi connectivity index (χ1n) is 14.6. The fourth-order valence-electron chi connectivity index (χ4n) is 5.72. The quantitative estimate of drug-likeness (QED) is 0.110. The Bertz CT molecular complexity index is 850. The highest BCUT2D eigenvalue weighted by Gasteiger charge is 2.53. The fourth-order valence-corrected chi connectivity index (χ4v) is 5.72. The Morgan fingerprint density at radius 2 is 1.14 bits per heavy atom. The van der Waals surface area contributed by atoms with Crippen LogP contribution in [0, 0.1) is 0 Å². The van der Waals surface area contributed by atoms with Gasteiger partial charge in [0.2, 0.25) is 0 Å². The van der Waals surface area contributed by atoms with Gasteiger partial charge in [-0.2, -0.15) is 0 Å². The van der Waals surface area contributed by atoms with Gasteiger partial charge in [-0.05, 0) is 12.8 Å². The van der Waals surface area contributed by atoms with Gasteiger partial charge < -0.3 is 83.9 Å². The Morgan fingerprint density at radius 3 is 1.70 bits per heavy atom. The molecule has 0 aromatic rings. The molecule has 4 fully saturated rings. The lowest BCUT2D eigenvalue weighted by atomic mass is 9.95. The van der Waals surface area contributed by atoms with Crippen molar-refractivity contribution in [3.05, 3.63) is 0 Å². The predicted molar refractivity (Wildman–Crippen MR) is 138 cm³/mol. The van der Waals surface area contributed by atoms with E-state index in [9.17, 15) is 46.0 Å². The van der Waals surface area contributed by atoms with Crippen molar-refractivity contribution in [2.75, 3.05) is 20.3 Å². The number of hydrogen-bond donors (Lipinski definition) is 9. The highest BCUT2D eigenvalue weighted by molar-refractivity contribution is 4.96. The number of aliphatic hydroxyl groups excluding tert-OH is 9. The lowest BCUT2D eigenvalue weighted by Crippen LogP contribution is -2.66. The van der Waals surface area contributed by atoms with Crippen LogP contribution in [0.3, 0.4) is 0 Å². The Balaban J connectivity index is 1.40. The van der Waals surface area contributed by atoms with Crippen molar-refractivity contribution in [3.63, 3.8) is 0 Å². The van der Waals surface area contributed by atoms with Crippen LogP contribution in [0.5, 0.6) is 0 Å². The van der Waals surface area contributed by atoms with Gasteiger partial charge in [0.1, 0.15) is 67.1 Å². The van der Waals surface area contributed by atoms with E-state index in [4.69, 9.17) is 37.9 Å². The lowest BCUT2D eigenvalue weighted by Gasteiger charge is -2.48. The van der Waals surface area contributed by atoms with Gasteiger partial charge in [-0.15, -0.1) is 0 Å². The van der Waals surface area contributed by atoms with Crippen molar-refractivity contribution in [1.82, 2.24) is 0 Å². The summed E-state index contributed by atoms with van der Waals surface area (Å²) in [5, 5.41) is 94.7. The van der Waals surface area contributed by atoms with E-state index in [1.807, 2.05) is 6.92 Å². The molecule has 4 heterocycles. The van der Waals surface area contributed by atoms with Crippen LogP contribution in [0.1, 0.15) is 33.1 Å². The molecule has 0 aromatic carbocycles. The summed E-state index contributed by atoms with van der Waals surface area (Å²) in [6.45, 7) is 2.59. The van der Waals surface area contributed by atoms with Crippen LogP contribution in [0.2, 0.25) is 0 Å². The molecule has 17 nitrogen and oxygen atoms in total. The summed E-state index contributed by atoms with van der Waals surface area (Å²) in [4.78, 5) is 0. The zero-order chi connectivity index (χ0) is 31.6. The van der Waals surface area contributed by atoms with Crippen LogP contribution >= 0.6 is 0 Å². The molecule has 0 aliphatic carbocycles. The van der Waals surface area contributed by atoms with Crippen molar-refractivity contribution in [2.45, 2.75) is 144 Å². The average Bonchev–Trinajstić information content (AvgIpc) is 3.00. The number of rotatable bonds is 10.